The van der Waals surface area contributed by atoms with E-state index in [0.717, 1.165) is 16.5 Å². The van der Waals surface area contributed by atoms with Crippen molar-refractivity contribution in [2.75, 3.05) is 18.9 Å². The van der Waals surface area contributed by atoms with Crippen LogP contribution in [0.15, 0.2) is 42.5 Å². The van der Waals surface area contributed by atoms with Gasteiger partial charge in [-0.1, -0.05) is 23.7 Å². The summed E-state index contributed by atoms with van der Waals surface area (Å²) in [7, 11) is 1.37. The predicted molar refractivity (Wildman–Crippen MR) is 93.1 cm³/mol. The van der Waals surface area contributed by atoms with E-state index in [9.17, 15) is 22.8 Å². The fourth-order valence-electron chi connectivity index (χ4n) is 1.97. The van der Waals surface area contributed by atoms with Crippen LogP contribution in [-0.2, 0) is 9.59 Å². The Balaban J connectivity index is 1.95. The number of carbonyl (C=O) groups excluding carboxylic acids is 2. The monoisotopic (exact) mass is 382 g/mol. The summed E-state index contributed by atoms with van der Waals surface area (Å²) in [6.45, 7) is -0.401. The first kappa shape index (κ1) is 19.5. The third-order valence-corrected chi connectivity index (χ3v) is 3.61. The average Bonchev–Trinajstić information content (AvgIpc) is 2.61. The highest BCUT2D eigenvalue weighted by molar-refractivity contribution is 6.30. The molecule has 0 aliphatic rings. The van der Waals surface area contributed by atoms with Crippen LogP contribution in [0.3, 0.4) is 0 Å². The van der Waals surface area contributed by atoms with Crippen molar-refractivity contribution in [3.63, 3.8) is 0 Å². The van der Waals surface area contributed by atoms with Gasteiger partial charge in [0.2, 0.25) is 11.8 Å². The summed E-state index contributed by atoms with van der Waals surface area (Å²) in [6, 6.07) is 8.35. The van der Waals surface area contributed by atoms with E-state index in [1.54, 1.807) is 30.3 Å². The molecule has 0 aliphatic carbocycles. The molecule has 0 aliphatic heterocycles. The smallest absolute Gasteiger partial charge is 0.246 e. The maximum absolute atomic E-state index is 13.5. The van der Waals surface area contributed by atoms with E-state index in [4.69, 9.17) is 11.6 Å². The van der Waals surface area contributed by atoms with Crippen LogP contribution in [0.5, 0.6) is 0 Å². The zero-order chi connectivity index (χ0) is 19.3. The van der Waals surface area contributed by atoms with Gasteiger partial charge in [-0.2, -0.15) is 0 Å². The number of hydrogen-bond acceptors (Lipinski definition) is 2. The number of carbonyl (C=O) groups is 2. The summed E-state index contributed by atoms with van der Waals surface area (Å²) >= 11 is 5.76. The van der Waals surface area contributed by atoms with Gasteiger partial charge in [0.05, 0.1) is 12.2 Å². The fourth-order valence-corrected chi connectivity index (χ4v) is 2.10. The van der Waals surface area contributed by atoms with Crippen LogP contribution in [0.4, 0.5) is 18.9 Å². The fraction of sp³-hybridized carbons (Fsp3) is 0.111. The molecule has 2 aromatic rings. The molecule has 0 bridgehead atoms. The summed E-state index contributed by atoms with van der Waals surface area (Å²) in [5, 5.41) is 2.65. The Morgan fingerprint density at radius 3 is 2.38 bits per heavy atom. The maximum atomic E-state index is 13.5. The van der Waals surface area contributed by atoms with Crippen molar-refractivity contribution in [3.05, 3.63) is 70.5 Å². The van der Waals surface area contributed by atoms with Gasteiger partial charge in [-0.15, -0.1) is 0 Å². The number of halogens is 4. The van der Waals surface area contributed by atoms with E-state index in [1.165, 1.54) is 13.1 Å². The Bertz CT molecular complexity index is 854. The number of benzene rings is 2. The molecule has 8 heteroatoms. The first-order valence-electron chi connectivity index (χ1n) is 7.40. The average molecular weight is 383 g/mol. The Morgan fingerprint density at radius 1 is 1.08 bits per heavy atom. The van der Waals surface area contributed by atoms with E-state index in [2.05, 4.69) is 5.32 Å². The molecule has 0 radical (unpaired) electrons. The Labute approximate surface area is 152 Å². The molecule has 0 heterocycles. The molecular formula is C18H14ClF3N2O2. The lowest BCUT2D eigenvalue weighted by atomic mass is 10.2. The van der Waals surface area contributed by atoms with Crippen molar-refractivity contribution in [1.82, 2.24) is 4.90 Å². The van der Waals surface area contributed by atoms with Crippen LogP contribution in [0, 0.1) is 17.5 Å². The number of nitrogens with zero attached hydrogens (tertiary/aromatic N) is 1. The van der Waals surface area contributed by atoms with Gasteiger partial charge in [0.25, 0.3) is 0 Å². The molecule has 2 rings (SSSR count). The van der Waals surface area contributed by atoms with Crippen molar-refractivity contribution in [1.29, 1.82) is 0 Å². The van der Waals surface area contributed by atoms with Gasteiger partial charge in [-0.25, -0.2) is 13.2 Å². The largest absolute Gasteiger partial charge is 0.333 e. The molecule has 136 valence electrons. The summed E-state index contributed by atoms with van der Waals surface area (Å²) in [5.41, 5.74) is 0.232. The minimum Gasteiger partial charge on any atom is -0.333 e. The van der Waals surface area contributed by atoms with Gasteiger partial charge in [0.15, 0.2) is 17.5 Å². The minimum absolute atomic E-state index is 0.401. The highest BCUT2D eigenvalue weighted by atomic mass is 35.5. The molecule has 1 N–H and O–H groups in total. The van der Waals surface area contributed by atoms with Crippen molar-refractivity contribution >= 4 is 35.2 Å². The topological polar surface area (TPSA) is 49.4 Å². The van der Waals surface area contributed by atoms with Crippen molar-refractivity contribution in [2.45, 2.75) is 0 Å². The van der Waals surface area contributed by atoms with Gasteiger partial charge >= 0.3 is 0 Å². The van der Waals surface area contributed by atoms with Gasteiger partial charge in [0, 0.05) is 18.1 Å². The Hall–Kier alpha value is -2.80. The van der Waals surface area contributed by atoms with E-state index in [-0.39, 0.29) is 0 Å². The molecule has 2 amide bonds. The molecule has 2 aromatic carbocycles. The number of amides is 2. The van der Waals surface area contributed by atoms with Crippen LogP contribution in [-0.4, -0.2) is 30.3 Å². The molecule has 0 aromatic heterocycles. The second-order valence-corrected chi connectivity index (χ2v) is 5.79. The quantitative estimate of drug-likeness (QED) is 0.630. The van der Waals surface area contributed by atoms with Crippen molar-refractivity contribution in [2.24, 2.45) is 0 Å². The third-order valence-electron chi connectivity index (χ3n) is 3.35. The van der Waals surface area contributed by atoms with Crippen LogP contribution in [0.2, 0.25) is 5.02 Å². The Kier molecular flexibility index (Phi) is 6.41. The highest BCUT2D eigenvalue weighted by Crippen LogP contribution is 2.19. The van der Waals surface area contributed by atoms with E-state index in [0.29, 0.717) is 11.1 Å². The minimum atomic E-state index is -1.68. The zero-order valence-corrected chi connectivity index (χ0v) is 14.4. The molecule has 0 spiro atoms. The standard InChI is InChI=1S/C18H14ClF3N2O2/c1-24(16(26)9-4-11-2-5-12(19)6-3-11)10-15(25)23-14-8-7-13(20)17(21)18(14)22/h2-9H,10H2,1H3,(H,23,25). The molecule has 4 nitrogen and oxygen atoms in total. The van der Waals surface area contributed by atoms with E-state index < -0.39 is 41.5 Å². The number of likely N-dealkylation sites (N-methyl/N-ethyl adjacent to an activating group) is 1. The van der Waals surface area contributed by atoms with Crippen LogP contribution in [0.25, 0.3) is 6.08 Å². The van der Waals surface area contributed by atoms with E-state index >= 15 is 0 Å². The van der Waals surface area contributed by atoms with Gasteiger partial charge in [0.1, 0.15) is 0 Å². The lowest BCUT2D eigenvalue weighted by molar-refractivity contribution is -0.129. The third kappa shape index (κ3) is 5.10. The molecule has 0 saturated carbocycles. The second-order valence-electron chi connectivity index (χ2n) is 5.35. The lowest BCUT2D eigenvalue weighted by Gasteiger charge is -2.15. The molecule has 0 atom stereocenters. The van der Waals surface area contributed by atoms with Crippen LogP contribution in [0.1, 0.15) is 5.56 Å². The van der Waals surface area contributed by atoms with Gasteiger partial charge in [-0.3, -0.25) is 9.59 Å². The van der Waals surface area contributed by atoms with Crippen molar-refractivity contribution in [3.8, 4) is 0 Å². The molecule has 0 unspecified atom stereocenters. The number of rotatable bonds is 5. The van der Waals surface area contributed by atoms with Gasteiger partial charge in [-0.05, 0) is 35.9 Å². The number of hydrogen-bond donors (Lipinski definition) is 1. The first-order valence-corrected chi connectivity index (χ1v) is 7.78. The Morgan fingerprint density at radius 2 is 1.73 bits per heavy atom. The maximum Gasteiger partial charge on any atom is 0.246 e. The summed E-state index contributed by atoms with van der Waals surface area (Å²) in [6.07, 6.45) is 2.80. The molecule has 0 fully saturated rings. The SMILES string of the molecule is CN(CC(=O)Nc1ccc(F)c(F)c1F)C(=O)C=Cc1ccc(Cl)cc1. The number of nitrogens with one attached hydrogen (secondary N) is 1. The summed E-state index contributed by atoms with van der Waals surface area (Å²) in [4.78, 5) is 24.9. The van der Waals surface area contributed by atoms with Crippen molar-refractivity contribution < 1.29 is 22.8 Å². The number of anilines is 1. The van der Waals surface area contributed by atoms with Crippen LogP contribution >= 0.6 is 11.6 Å². The van der Waals surface area contributed by atoms with E-state index in [1.807, 2.05) is 0 Å². The van der Waals surface area contributed by atoms with Gasteiger partial charge < -0.3 is 10.2 Å². The molecule has 0 saturated heterocycles. The molecular weight excluding hydrogens is 369 g/mol. The normalized spacial score (nSPS) is 10.8. The summed E-state index contributed by atoms with van der Waals surface area (Å²) < 4.78 is 39.5. The summed E-state index contributed by atoms with van der Waals surface area (Å²) in [5.74, 6) is -5.78. The van der Waals surface area contributed by atoms with Crippen LogP contribution < -0.4 is 5.32 Å². The zero-order valence-electron chi connectivity index (χ0n) is 13.6. The first-order chi connectivity index (χ1) is 12.3. The highest BCUT2D eigenvalue weighted by Gasteiger charge is 2.16. The lowest BCUT2D eigenvalue weighted by Crippen LogP contribution is -2.34. The molecule has 26 heavy (non-hydrogen) atoms. The predicted octanol–water partition coefficient (Wildman–Crippen LogP) is 3.87. The second kappa shape index (κ2) is 8.53.